The Kier molecular flexibility index (Phi) is 5.17. The summed E-state index contributed by atoms with van der Waals surface area (Å²) in [7, 11) is 0. The van der Waals surface area contributed by atoms with Crippen molar-refractivity contribution in [2.24, 2.45) is 0 Å². The topological polar surface area (TPSA) is 86.6 Å². The van der Waals surface area contributed by atoms with Crippen LogP contribution < -0.4 is 5.32 Å². The largest absolute Gasteiger partial charge is 0.480 e. The molecule has 0 radical (unpaired) electrons. The van der Waals surface area contributed by atoms with Crippen molar-refractivity contribution in [2.75, 3.05) is 6.54 Å². The number of halogens is 2. The van der Waals surface area contributed by atoms with Gasteiger partial charge in [0.2, 0.25) is 0 Å². The Morgan fingerprint density at radius 3 is 2.58 bits per heavy atom. The molecule has 0 amide bonds. The van der Waals surface area contributed by atoms with E-state index in [-0.39, 0.29) is 28.9 Å². The van der Waals surface area contributed by atoms with Gasteiger partial charge in [-0.2, -0.15) is 0 Å². The van der Waals surface area contributed by atoms with Gasteiger partial charge in [0.1, 0.15) is 6.04 Å². The molecule has 0 aliphatic carbocycles. The lowest BCUT2D eigenvalue weighted by molar-refractivity contribution is -0.139. The van der Waals surface area contributed by atoms with Crippen molar-refractivity contribution in [3.05, 3.63) is 34.3 Å². The predicted octanol–water partition coefficient (Wildman–Crippen LogP) is 1.99. The zero-order chi connectivity index (χ0) is 13.3. The molecule has 1 saturated heterocycles. The van der Waals surface area contributed by atoms with Crippen LogP contribution in [0.15, 0.2) is 18.2 Å². The molecule has 0 bridgehead atoms. The molecule has 0 aromatic heterocycles. The summed E-state index contributed by atoms with van der Waals surface area (Å²) in [6.07, 6.45) is 0.664. The molecule has 2 rings (SSSR count). The molecule has 5 nitrogen and oxygen atoms in total. The van der Waals surface area contributed by atoms with Gasteiger partial charge in [-0.1, -0.05) is 17.7 Å². The Bertz CT molecular complexity index is 507. The van der Waals surface area contributed by atoms with Crippen molar-refractivity contribution in [3.8, 4) is 0 Å². The number of rotatable bonds is 3. The van der Waals surface area contributed by atoms with Crippen LogP contribution in [-0.4, -0.2) is 34.7 Å². The van der Waals surface area contributed by atoms with Gasteiger partial charge in [0.25, 0.3) is 0 Å². The van der Waals surface area contributed by atoms with E-state index in [0.717, 1.165) is 0 Å². The summed E-state index contributed by atoms with van der Waals surface area (Å²) in [5.41, 5.74) is 0.694. The summed E-state index contributed by atoms with van der Waals surface area (Å²) in [5.74, 6) is -2.26. The molecule has 1 aliphatic rings. The van der Waals surface area contributed by atoms with Crippen LogP contribution in [0, 0.1) is 0 Å². The number of aromatic carboxylic acids is 1. The molecule has 0 unspecified atom stereocenters. The van der Waals surface area contributed by atoms with E-state index in [1.54, 1.807) is 6.07 Å². The van der Waals surface area contributed by atoms with E-state index in [1.807, 2.05) is 0 Å². The fourth-order valence-electron chi connectivity index (χ4n) is 2.26. The van der Waals surface area contributed by atoms with Gasteiger partial charge in [-0.3, -0.25) is 4.79 Å². The first-order chi connectivity index (χ1) is 8.50. The lowest BCUT2D eigenvalue weighted by atomic mass is 9.91. The Balaban J connectivity index is 0.00000180. The number of carboxylic acid groups (broad SMARTS) is 2. The SMILES string of the molecule is Cl.O=C(O)c1cc([C@H]2CCN[C@@H]2C(=O)O)ccc1Cl. The van der Waals surface area contributed by atoms with Crippen molar-refractivity contribution >= 4 is 35.9 Å². The van der Waals surface area contributed by atoms with Crippen LogP contribution in [-0.2, 0) is 4.79 Å². The second-order valence-electron chi connectivity index (χ2n) is 4.21. The predicted molar refractivity (Wildman–Crippen MR) is 72.4 cm³/mol. The third-order valence-corrected chi connectivity index (χ3v) is 3.47. The molecule has 104 valence electrons. The molecule has 0 spiro atoms. The fraction of sp³-hybridized carbons (Fsp3) is 0.333. The average Bonchev–Trinajstić information content (AvgIpc) is 2.78. The number of hydrogen-bond acceptors (Lipinski definition) is 3. The van der Waals surface area contributed by atoms with Crippen LogP contribution in [0.5, 0.6) is 0 Å². The highest BCUT2D eigenvalue weighted by Gasteiger charge is 2.34. The quantitative estimate of drug-likeness (QED) is 0.795. The van der Waals surface area contributed by atoms with Crippen molar-refractivity contribution in [2.45, 2.75) is 18.4 Å². The van der Waals surface area contributed by atoms with Crippen LogP contribution in [0.25, 0.3) is 0 Å². The van der Waals surface area contributed by atoms with Gasteiger partial charge in [0.05, 0.1) is 10.6 Å². The highest BCUT2D eigenvalue weighted by molar-refractivity contribution is 6.33. The molecule has 7 heteroatoms. The highest BCUT2D eigenvalue weighted by Crippen LogP contribution is 2.30. The number of aliphatic carboxylic acids is 1. The zero-order valence-corrected chi connectivity index (χ0v) is 11.4. The summed E-state index contributed by atoms with van der Waals surface area (Å²) in [4.78, 5) is 22.1. The molecular weight excluding hydrogens is 293 g/mol. The zero-order valence-electron chi connectivity index (χ0n) is 9.80. The standard InChI is InChI=1S/C12H12ClNO4.ClH/c13-9-2-1-6(5-8(9)11(15)16)7-3-4-14-10(7)12(17)18;/h1-2,5,7,10,14H,3-4H2,(H,15,16)(H,17,18);1H/t7-,10+;/m1./s1. The molecule has 1 heterocycles. The van der Waals surface area contributed by atoms with E-state index in [9.17, 15) is 9.59 Å². The Hall–Kier alpha value is -1.30. The van der Waals surface area contributed by atoms with E-state index < -0.39 is 18.0 Å². The number of hydrogen-bond donors (Lipinski definition) is 3. The number of carboxylic acids is 2. The minimum atomic E-state index is -1.11. The molecule has 19 heavy (non-hydrogen) atoms. The van der Waals surface area contributed by atoms with Gasteiger partial charge in [-0.15, -0.1) is 12.4 Å². The van der Waals surface area contributed by atoms with Crippen LogP contribution in [0.1, 0.15) is 28.3 Å². The molecule has 1 aromatic rings. The molecule has 1 fully saturated rings. The maximum Gasteiger partial charge on any atom is 0.337 e. The van der Waals surface area contributed by atoms with Gasteiger partial charge < -0.3 is 15.5 Å². The summed E-state index contributed by atoms with van der Waals surface area (Å²) in [5, 5.41) is 21.1. The fourth-order valence-corrected chi connectivity index (χ4v) is 2.46. The first-order valence-electron chi connectivity index (χ1n) is 5.49. The van der Waals surface area contributed by atoms with Gasteiger partial charge >= 0.3 is 11.9 Å². The maximum absolute atomic E-state index is 11.1. The molecule has 1 aromatic carbocycles. The van der Waals surface area contributed by atoms with Crippen molar-refractivity contribution in [3.63, 3.8) is 0 Å². The van der Waals surface area contributed by atoms with Crippen molar-refractivity contribution < 1.29 is 19.8 Å². The second-order valence-corrected chi connectivity index (χ2v) is 4.62. The maximum atomic E-state index is 11.1. The third-order valence-electron chi connectivity index (χ3n) is 3.14. The van der Waals surface area contributed by atoms with E-state index in [0.29, 0.717) is 18.5 Å². The van der Waals surface area contributed by atoms with Crippen LogP contribution in [0.3, 0.4) is 0 Å². The van der Waals surface area contributed by atoms with Crippen LogP contribution in [0.4, 0.5) is 0 Å². The van der Waals surface area contributed by atoms with E-state index in [1.165, 1.54) is 12.1 Å². The normalized spacial score (nSPS) is 21.7. The Morgan fingerprint density at radius 1 is 1.32 bits per heavy atom. The first kappa shape index (κ1) is 15.8. The van der Waals surface area contributed by atoms with Crippen molar-refractivity contribution in [1.82, 2.24) is 5.32 Å². The molecule has 1 aliphatic heterocycles. The summed E-state index contributed by atoms with van der Waals surface area (Å²) < 4.78 is 0. The molecule has 0 saturated carbocycles. The number of nitrogens with one attached hydrogen (secondary N) is 1. The lowest BCUT2D eigenvalue weighted by Crippen LogP contribution is -2.34. The Morgan fingerprint density at radius 2 is 2.00 bits per heavy atom. The van der Waals surface area contributed by atoms with E-state index >= 15 is 0 Å². The monoisotopic (exact) mass is 305 g/mol. The first-order valence-corrected chi connectivity index (χ1v) is 5.87. The number of carbonyl (C=O) groups is 2. The van der Waals surface area contributed by atoms with Crippen LogP contribution in [0.2, 0.25) is 5.02 Å². The van der Waals surface area contributed by atoms with Gasteiger partial charge in [0, 0.05) is 5.92 Å². The molecule has 3 N–H and O–H groups in total. The highest BCUT2D eigenvalue weighted by atomic mass is 35.5. The van der Waals surface area contributed by atoms with Gasteiger partial charge in [0.15, 0.2) is 0 Å². The van der Waals surface area contributed by atoms with E-state index in [2.05, 4.69) is 5.32 Å². The van der Waals surface area contributed by atoms with Crippen molar-refractivity contribution in [1.29, 1.82) is 0 Å². The average molecular weight is 306 g/mol. The summed E-state index contributed by atoms with van der Waals surface area (Å²) in [6, 6.07) is 3.96. The third kappa shape index (κ3) is 3.18. The van der Waals surface area contributed by atoms with Crippen LogP contribution >= 0.6 is 24.0 Å². The molecular formula is C12H13Cl2NO4. The molecule has 2 atom stereocenters. The minimum Gasteiger partial charge on any atom is -0.480 e. The summed E-state index contributed by atoms with van der Waals surface area (Å²) >= 11 is 5.78. The van der Waals surface area contributed by atoms with E-state index in [4.69, 9.17) is 21.8 Å². The summed E-state index contributed by atoms with van der Waals surface area (Å²) in [6.45, 7) is 0.604. The minimum absolute atomic E-state index is 0. The Labute approximate surface area is 121 Å². The lowest BCUT2D eigenvalue weighted by Gasteiger charge is -2.16. The van der Waals surface area contributed by atoms with Gasteiger partial charge in [-0.25, -0.2) is 4.79 Å². The van der Waals surface area contributed by atoms with Gasteiger partial charge in [-0.05, 0) is 30.7 Å². The number of benzene rings is 1. The second kappa shape index (κ2) is 6.23. The smallest absolute Gasteiger partial charge is 0.337 e.